The van der Waals surface area contributed by atoms with Crippen molar-refractivity contribution in [1.29, 1.82) is 0 Å². The van der Waals surface area contributed by atoms with Crippen LogP contribution in [0.3, 0.4) is 0 Å². The molecule has 0 spiro atoms. The Kier molecular flexibility index (Phi) is 7.37. The molecule has 0 saturated carbocycles. The maximum absolute atomic E-state index is 5.42. The highest BCUT2D eigenvalue weighted by atomic mass is 15.2. The van der Waals surface area contributed by atoms with Crippen LogP contribution in [-0.2, 0) is 10.8 Å². The summed E-state index contributed by atoms with van der Waals surface area (Å²) in [7, 11) is 0. The van der Waals surface area contributed by atoms with Crippen LogP contribution in [0.25, 0.3) is 39.6 Å². The van der Waals surface area contributed by atoms with E-state index in [9.17, 15) is 0 Å². The molecule has 3 heteroatoms. The molecule has 2 heterocycles. The minimum atomic E-state index is -0.133. The van der Waals surface area contributed by atoms with Crippen LogP contribution < -0.4 is 4.90 Å². The summed E-state index contributed by atoms with van der Waals surface area (Å²) in [4.78, 5) is 7.85. The lowest BCUT2D eigenvalue weighted by atomic mass is 9.71. The first-order valence-electron chi connectivity index (χ1n) is 17.2. The first kappa shape index (κ1) is 30.7. The lowest BCUT2D eigenvalue weighted by molar-refractivity contribution is 0.580. The lowest BCUT2D eigenvalue weighted by Crippen LogP contribution is -2.31. The highest BCUT2D eigenvalue weighted by Crippen LogP contribution is 2.52. The van der Waals surface area contributed by atoms with Gasteiger partial charge >= 0.3 is 0 Å². The fraction of sp³-hybridized carbons (Fsp3) is 0.152. The summed E-state index contributed by atoms with van der Waals surface area (Å²) in [5, 5.41) is 0. The average molecular weight is 636 g/mol. The molecular weight excluding hydrogens is 595 g/mol. The Morgan fingerprint density at radius 2 is 1.08 bits per heavy atom. The van der Waals surface area contributed by atoms with Gasteiger partial charge in [-0.15, -0.1) is 0 Å². The van der Waals surface area contributed by atoms with Crippen molar-refractivity contribution in [1.82, 2.24) is 9.55 Å². The number of para-hydroxylation sites is 2. The van der Waals surface area contributed by atoms with Crippen molar-refractivity contribution in [2.24, 2.45) is 0 Å². The predicted molar refractivity (Wildman–Crippen MR) is 205 cm³/mol. The quantitative estimate of drug-likeness (QED) is 0.188. The van der Waals surface area contributed by atoms with Crippen molar-refractivity contribution in [3.8, 4) is 39.6 Å². The van der Waals surface area contributed by atoms with E-state index in [-0.39, 0.29) is 10.8 Å². The van der Waals surface area contributed by atoms with Crippen LogP contribution in [0.1, 0.15) is 51.3 Å². The largest absolute Gasteiger partial charge is 0.310 e. The third-order valence-corrected chi connectivity index (χ3v) is 9.97. The Morgan fingerprint density at radius 1 is 0.510 bits per heavy atom. The molecule has 0 N–H and O–H groups in total. The highest BCUT2D eigenvalue weighted by molar-refractivity contribution is 5.88. The van der Waals surface area contributed by atoms with Crippen molar-refractivity contribution < 1.29 is 0 Å². The van der Waals surface area contributed by atoms with Crippen LogP contribution in [0.15, 0.2) is 158 Å². The summed E-state index contributed by atoms with van der Waals surface area (Å²) in [5.41, 5.74) is 13.9. The van der Waals surface area contributed by atoms with E-state index >= 15 is 0 Å². The van der Waals surface area contributed by atoms with E-state index in [2.05, 4.69) is 202 Å². The molecule has 1 aliphatic rings. The molecular formula is C46H41N3. The second-order valence-electron chi connectivity index (χ2n) is 14.5. The first-order chi connectivity index (χ1) is 23.7. The van der Waals surface area contributed by atoms with Gasteiger partial charge in [-0.1, -0.05) is 144 Å². The SMILES string of the molecule is CC(C)(C)c1ccc2c(c1)C(C)(C)c1ccccc1N2c1ccc(-c2nc(-c3ccccc3)c(-c3ccccc3)n2-c2ccccc2)cc1. The number of rotatable bonds is 5. The molecule has 8 rings (SSSR count). The third-order valence-electron chi connectivity index (χ3n) is 9.97. The molecule has 0 saturated heterocycles. The molecule has 0 atom stereocenters. The number of benzene rings is 6. The van der Waals surface area contributed by atoms with Crippen LogP contribution in [-0.4, -0.2) is 9.55 Å². The molecule has 240 valence electrons. The van der Waals surface area contributed by atoms with Gasteiger partial charge in [0.05, 0.1) is 22.8 Å². The molecule has 7 aromatic rings. The van der Waals surface area contributed by atoms with Gasteiger partial charge in [-0.25, -0.2) is 4.98 Å². The van der Waals surface area contributed by atoms with Crippen LogP contribution in [0.2, 0.25) is 0 Å². The minimum Gasteiger partial charge on any atom is -0.310 e. The van der Waals surface area contributed by atoms with E-state index in [0.717, 1.165) is 45.3 Å². The molecule has 49 heavy (non-hydrogen) atoms. The average Bonchev–Trinajstić information content (AvgIpc) is 3.54. The van der Waals surface area contributed by atoms with Gasteiger partial charge in [0.25, 0.3) is 0 Å². The smallest absolute Gasteiger partial charge is 0.145 e. The fourth-order valence-corrected chi connectivity index (χ4v) is 7.31. The molecule has 6 aromatic carbocycles. The molecule has 3 nitrogen and oxygen atoms in total. The van der Waals surface area contributed by atoms with Gasteiger partial charge in [0, 0.05) is 33.5 Å². The van der Waals surface area contributed by atoms with E-state index < -0.39 is 0 Å². The van der Waals surface area contributed by atoms with Gasteiger partial charge in [-0.05, 0) is 70.6 Å². The molecule has 0 bridgehead atoms. The zero-order chi connectivity index (χ0) is 33.8. The van der Waals surface area contributed by atoms with E-state index in [1.54, 1.807) is 0 Å². The van der Waals surface area contributed by atoms with Gasteiger partial charge in [-0.3, -0.25) is 4.57 Å². The maximum atomic E-state index is 5.42. The summed E-state index contributed by atoms with van der Waals surface area (Å²) < 4.78 is 2.31. The van der Waals surface area contributed by atoms with E-state index in [0.29, 0.717) is 0 Å². The Hall–Kier alpha value is -5.67. The second-order valence-corrected chi connectivity index (χ2v) is 14.5. The van der Waals surface area contributed by atoms with E-state index in [1.165, 1.54) is 28.1 Å². The summed E-state index contributed by atoms with van der Waals surface area (Å²) in [6.07, 6.45) is 0. The summed E-state index contributed by atoms with van der Waals surface area (Å²) in [6, 6.07) is 56.6. The number of anilines is 3. The lowest BCUT2D eigenvalue weighted by Gasteiger charge is -2.42. The minimum absolute atomic E-state index is 0.0619. The summed E-state index contributed by atoms with van der Waals surface area (Å²) in [5.74, 6) is 0.908. The number of imidazole rings is 1. The molecule has 1 aromatic heterocycles. The number of fused-ring (bicyclic) bond motifs is 2. The Bertz CT molecular complexity index is 2260. The van der Waals surface area contributed by atoms with Gasteiger partial charge in [-0.2, -0.15) is 0 Å². The molecule has 0 aliphatic carbocycles. The van der Waals surface area contributed by atoms with Gasteiger partial charge in [0.1, 0.15) is 5.82 Å². The van der Waals surface area contributed by atoms with Crippen LogP contribution in [0, 0.1) is 0 Å². The maximum Gasteiger partial charge on any atom is 0.145 e. The van der Waals surface area contributed by atoms with Crippen molar-refractivity contribution in [3.63, 3.8) is 0 Å². The van der Waals surface area contributed by atoms with E-state index in [1.807, 2.05) is 0 Å². The van der Waals surface area contributed by atoms with E-state index in [4.69, 9.17) is 4.98 Å². The van der Waals surface area contributed by atoms with Crippen molar-refractivity contribution in [3.05, 3.63) is 174 Å². The van der Waals surface area contributed by atoms with Gasteiger partial charge in [0.15, 0.2) is 0 Å². The van der Waals surface area contributed by atoms with Gasteiger partial charge in [0.2, 0.25) is 0 Å². The molecule has 0 fully saturated rings. The predicted octanol–water partition coefficient (Wildman–Crippen LogP) is 12.3. The molecule has 0 radical (unpaired) electrons. The normalized spacial score (nSPS) is 13.5. The van der Waals surface area contributed by atoms with Crippen LogP contribution >= 0.6 is 0 Å². The highest BCUT2D eigenvalue weighted by Gasteiger charge is 2.37. The number of nitrogens with zero attached hydrogens (tertiary/aromatic N) is 3. The standard InChI is InChI=1S/C46H41N3/c1-45(2,3)35-27-30-41-39(31-35)46(4,5)38-23-15-16-24-40(38)48(41)37-28-25-34(26-29-37)44-47-42(32-17-9-6-10-18-32)43(33-19-11-7-12-20-33)49(44)36-21-13-8-14-22-36/h6-31H,1-5H3. The molecule has 0 unspecified atom stereocenters. The number of hydrogen-bond acceptors (Lipinski definition) is 2. The number of hydrogen-bond donors (Lipinski definition) is 0. The van der Waals surface area contributed by atoms with Crippen molar-refractivity contribution in [2.75, 3.05) is 4.90 Å². The van der Waals surface area contributed by atoms with Crippen LogP contribution in [0.4, 0.5) is 17.1 Å². The van der Waals surface area contributed by atoms with Gasteiger partial charge < -0.3 is 4.90 Å². The zero-order valence-electron chi connectivity index (χ0n) is 28.9. The van der Waals surface area contributed by atoms with Crippen molar-refractivity contribution in [2.45, 2.75) is 45.4 Å². The Morgan fingerprint density at radius 3 is 1.73 bits per heavy atom. The third kappa shape index (κ3) is 5.27. The molecule has 0 amide bonds. The monoisotopic (exact) mass is 635 g/mol. The first-order valence-corrected chi connectivity index (χ1v) is 17.2. The van der Waals surface area contributed by atoms with Crippen LogP contribution in [0.5, 0.6) is 0 Å². The topological polar surface area (TPSA) is 21.1 Å². The summed E-state index contributed by atoms with van der Waals surface area (Å²) in [6.45, 7) is 11.6. The Balaban J connectivity index is 1.31. The zero-order valence-corrected chi connectivity index (χ0v) is 28.9. The Labute approximate surface area is 290 Å². The summed E-state index contributed by atoms with van der Waals surface area (Å²) >= 11 is 0. The number of aromatic nitrogens is 2. The second kappa shape index (κ2) is 11.8. The van der Waals surface area contributed by atoms with Crippen molar-refractivity contribution >= 4 is 17.1 Å². The fourth-order valence-electron chi connectivity index (χ4n) is 7.31. The molecule has 1 aliphatic heterocycles.